The summed E-state index contributed by atoms with van der Waals surface area (Å²) in [7, 11) is 0. The molecule has 1 aliphatic carbocycles. The summed E-state index contributed by atoms with van der Waals surface area (Å²) in [5.74, 6) is -0.609. The Kier molecular flexibility index (Phi) is 3.91. The van der Waals surface area contributed by atoms with E-state index < -0.39 is 5.97 Å². The molecule has 2 aromatic rings. The molecule has 0 saturated carbocycles. The summed E-state index contributed by atoms with van der Waals surface area (Å²) in [4.78, 5) is 23.3. The van der Waals surface area contributed by atoms with Crippen LogP contribution in [-0.4, -0.2) is 22.1 Å². The van der Waals surface area contributed by atoms with Crippen molar-refractivity contribution >= 4 is 17.6 Å². The minimum absolute atomic E-state index is 0.122. The predicted molar refractivity (Wildman–Crippen MR) is 79.1 cm³/mol. The second-order valence-corrected chi connectivity index (χ2v) is 5.33. The molecule has 0 aliphatic heterocycles. The number of carboxylic acid groups (broad SMARTS) is 1. The van der Waals surface area contributed by atoms with Gasteiger partial charge in [0, 0.05) is 17.7 Å². The Balaban J connectivity index is 1.82. The number of amides is 1. The van der Waals surface area contributed by atoms with Crippen LogP contribution in [0.1, 0.15) is 51.4 Å². The topological polar surface area (TPSA) is 92.4 Å². The predicted octanol–water partition coefficient (Wildman–Crippen LogP) is 2.89. The van der Waals surface area contributed by atoms with Gasteiger partial charge >= 0.3 is 5.97 Å². The summed E-state index contributed by atoms with van der Waals surface area (Å²) < 4.78 is 5.28. The number of carboxylic acids is 1. The number of aromatic nitrogens is 1. The summed E-state index contributed by atoms with van der Waals surface area (Å²) in [6, 6.07) is 6.12. The molecule has 114 valence electrons. The molecule has 0 saturated heterocycles. The highest BCUT2D eigenvalue weighted by Crippen LogP contribution is 2.24. The zero-order valence-electron chi connectivity index (χ0n) is 12.0. The van der Waals surface area contributed by atoms with Gasteiger partial charge in [0.25, 0.3) is 5.91 Å². The summed E-state index contributed by atoms with van der Waals surface area (Å²) in [6.45, 7) is 0. The number of hydrogen-bond acceptors (Lipinski definition) is 4. The Hall–Kier alpha value is -2.63. The van der Waals surface area contributed by atoms with E-state index in [9.17, 15) is 9.59 Å². The van der Waals surface area contributed by atoms with E-state index in [1.54, 1.807) is 12.1 Å². The van der Waals surface area contributed by atoms with E-state index in [0.717, 1.165) is 43.4 Å². The minimum Gasteiger partial charge on any atom is -0.478 e. The number of fused-ring (bicyclic) bond motifs is 1. The number of carbonyl (C=O) groups excluding carboxylic acids is 1. The van der Waals surface area contributed by atoms with Crippen molar-refractivity contribution in [3.8, 4) is 0 Å². The summed E-state index contributed by atoms with van der Waals surface area (Å²) in [5.41, 5.74) is 1.73. The van der Waals surface area contributed by atoms with Gasteiger partial charge in [-0.25, -0.2) is 4.79 Å². The van der Waals surface area contributed by atoms with E-state index in [1.807, 2.05) is 0 Å². The lowest BCUT2D eigenvalue weighted by atomic mass is 10.1. The van der Waals surface area contributed by atoms with Crippen LogP contribution in [0.5, 0.6) is 0 Å². The summed E-state index contributed by atoms with van der Waals surface area (Å²) in [6.07, 6.45) is 4.78. The number of aromatic carboxylic acids is 1. The Morgan fingerprint density at radius 3 is 2.82 bits per heavy atom. The third kappa shape index (κ3) is 2.86. The second-order valence-electron chi connectivity index (χ2n) is 5.33. The molecule has 1 aliphatic rings. The first-order valence-electron chi connectivity index (χ1n) is 7.27. The monoisotopic (exact) mass is 300 g/mol. The molecule has 0 radical (unpaired) electrons. The Morgan fingerprint density at radius 2 is 2.00 bits per heavy atom. The van der Waals surface area contributed by atoms with Crippen molar-refractivity contribution in [3.63, 3.8) is 0 Å². The van der Waals surface area contributed by atoms with Crippen LogP contribution in [0.25, 0.3) is 0 Å². The van der Waals surface area contributed by atoms with Crippen molar-refractivity contribution in [2.24, 2.45) is 0 Å². The fourth-order valence-corrected chi connectivity index (χ4v) is 2.66. The fraction of sp³-hybridized carbons (Fsp3) is 0.312. The second kappa shape index (κ2) is 6.01. The van der Waals surface area contributed by atoms with Crippen molar-refractivity contribution in [1.82, 2.24) is 5.16 Å². The lowest BCUT2D eigenvalue weighted by Gasteiger charge is -2.05. The SMILES string of the molecule is O=C(O)c1cccc(NC(=O)c2noc3c2CCCCC3)c1. The number of aryl methyl sites for hydroxylation is 1. The summed E-state index contributed by atoms with van der Waals surface area (Å²) >= 11 is 0. The van der Waals surface area contributed by atoms with Crippen LogP contribution in [0, 0.1) is 0 Å². The number of hydrogen-bond donors (Lipinski definition) is 2. The first kappa shape index (κ1) is 14.3. The van der Waals surface area contributed by atoms with Crippen molar-refractivity contribution < 1.29 is 19.2 Å². The van der Waals surface area contributed by atoms with Gasteiger partial charge in [0.2, 0.25) is 0 Å². The highest BCUT2D eigenvalue weighted by atomic mass is 16.5. The molecule has 1 amide bonds. The van der Waals surface area contributed by atoms with Crippen LogP contribution in [0.3, 0.4) is 0 Å². The van der Waals surface area contributed by atoms with Crippen molar-refractivity contribution in [2.75, 3.05) is 5.32 Å². The maximum atomic E-state index is 12.4. The third-order valence-corrected chi connectivity index (χ3v) is 3.78. The van der Waals surface area contributed by atoms with Crippen LogP contribution in [0.4, 0.5) is 5.69 Å². The van der Waals surface area contributed by atoms with E-state index in [4.69, 9.17) is 9.63 Å². The summed E-state index contributed by atoms with van der Waals surface area (Å²) in [5, 5.41) is 15.6. The Bertz CT molecular complexity index is 721. The molecule has 1 aromatic heterocycles. The standard InChI is InChI=1S/C16H16N2O4/c19-15(17-11-6-4-5-10(9-11)16(20)21)14-12-7-2-1-3-8-13(12)22-18-14/h4-6,9H,1-3,7-8H2,(H,17,19)(H,20,21). The molecule has 1 heterocycles. The molecule has 0 bridgehead atoms. The zero-order valence-corrected chi connectivity index (χ0v) is 12.0. The molecule has 6 heteroatoms. The maximum absolute atomic E-state index is 12.4. The maximum Gasteiger partial charge on any atom is 0.335 e. The van der Waals surface area contributed by atoms with Gasteiger partial charge in [-0.1, -0.05) is 17.6 Å². The number of nitrogens with zero attached hydrogens (tertiary/aromatic N) is 1. The number of rotatable bonds is 3. The molecule has 2 N–H and O–H groups in total. The van der Waals surface area contributed by atoms with Crippen LogP contribution in [0.2, 0.25) is 0 Å². The smallest absolute Gasteiger partial charge is 0.335 e. The van der Waals surface area contributed by atoms with E-state index in [0.29, 0.717) is 11.4 Å². The van der Waals surface area contributed by atoms with Gasteiger partial charge in [-0.3, -0.25) is 4.79 Å². The molecule has 0 unspecified atom stereocenters. The number of benzene rings is 1. The Morgan fingerprint density at radius 1 is 1.18 bits per heavy atom. The lowest BCUT2D eigenvalue weighted by Crippen LogP contribution is -2.15. The van der Waals surface area contributed by atoms with Crippen molar-refractivity contribution in [3.05, 3.63) is 46.8 Å². The van der Waals surface area contributed by atoms with Gasteiger partial charge in [0.15, 0.2) is 5.69 Å². The van der Waals surface area contributed by atoms with Gasteiger partial charge < -0.3 is 14.9 Å². The van der Waals surface area contributed by atoms with Gasteiger partial charge in [-0.05, 0) is 37.5 Å². The largest absolute Gasteiger partial charge is 0.478 e. The molecule has 0 fully saturated rings. The van der Waals surface area contributed by atoms with E-state index in [2.05, 4.69) is 10.5 Å². The number of anilines is 1. The van der Waals surface area contributed by atoms with E-state index in [1.165, 1.54) is 12.1 Å². The average Bonchev–Trinajstić information content (AvgIpc) is 2.76. The number of carbonyl (C=O) groups is 2. The molecular formula is C16H16N2O4. The third-order valence-electron chi connectivity index (χ3n) is 3.78. The molecule has 3 rings (SSSR count). The van der Waals surface area contributed by atoms with Crippen LogP contribution >= 0.6 is 0 Å². The lowest BCUT2D eigenvalue weighted by molar-refractivity contribution is 0.0696. The van der Waals surface area contributed by atoms with Gasteiger partial charge in [0.1, 0.15) is 5.76 Å². The first-order valence-corrected chi connectivity index (χ1v) is 7.27. The molecule has 0 atom stereocenters. The minimum atomic E-state index is -1.04. The van der Waals surface area contributed by atoms with Gasteiger partial charge in [0.05, 0.1) is 5.56 Å². The quantitative estimate of drug-likeness (QED) is 0.850. The van der Waals surface area contributed by atoms with Gasteiger partial charge in [-0.2, -0.15) is 0 Å². The van der Waals surface area contributed by atoms with Crippen LogP contribution < -0.4 is 5.32 Å². The molecular weight excluding hydrogens is 284 g/mol. The molecule has 6 nitrogen and oxygen atoms in total. The highest BCUT2D eigenvalue weighted by Gasteiger charge is 2.23. The van der Waals surface area contributed by atoms with E-state index >= 15 is 0 Å². The normalized spacial score (nSPS) is 14.0. The number of nitrogens with one attached hydrogen (secondary N) is 1. The van der Waals surface area contributed by atoms with Crippen LogP contribution in [-0.2, 0) is 12.8 Å². The molecule has 0 spiro atoms. The average molecular weight is 300 g/mol. The highest BCUT2D eigenvalue weighted by molar-refractivity contribution is 6.04. The first-order chi connectivity index (χ1) is 10.6. The Labute approximate surface area is 127 Å². The molecule has 1 aromatic carbocycles. The van der Waals surface area contributed by atoms with Crippen LogP contribution in [0.15, 0.2) is 28.8 Å². The van der Waals surface area contributed by atoms with Crippen molar-refractivity contribution in [1.29, 1.82) is 0 Å². The van der Waals surface area contributed by atoms with E-state index in [-0.39, 0.29) is 11.5 Å². The van der Waals surface area contributed by atoms with Crippen molar-refractivity contribution in [2.45, 2.75) is 32.1 Å². The zero-order chi connectivity index (χ0) is 15.5. The fourth-order valence-electron chi connectivity index (χ4n) is 2.66. The van der Waals surface area contributed by atoms with Gasteiger partial charge in [-0.15, -0.1) is 0 Å². The molecule has 22 heavy (non-hydrogen) atoms.